The van der Waals surface area contributed by atoms with Gasteiger partial charge in [0.25, 0.3) is 5.24 Å². The number of carboxylic acid groups (broad SMARTS) is 1. The molecule has 2 amide bonds. The van der Waals surface area contributed by atoms with Gasteiger partial charge in [-0.1, -0.05) is 11.8 Å². The Morgan fingerprint density at radius 1 is 1.41 bits per heavy atom. The molecule has 1 atom stereocenters. The molecule has 1 N–H and O–H groups in total. The van der Waals surface area contributed by atoms with Crippen LogP contribution in [0.5, 0.6) is 0 Å². The first-order chi connectivity index (χ1) is 8.09. The average molecular weight is 258 g/mol. The quantitative estimate of drug-likeness (QED) is 0.784. The molecule has 0 aromatic rings. The molecule has 2 rings (SSSR count). The fourth-order valence-corrected chi connectivity index (χ4v) is 2.97. The summed E-state index contributed by atoms with van der Waals surface area (Å²) in [6.45, 7) is 1.06. The summed E-state index contributed by atoms with van der Waals surface area (Å²) < 4.78 is 0. The van der Waals surface area contributed by atoms with Gasteiger partial charge in [0, 0.05) is 18.8 Å². The van der Waals surface area contributed by atoms with E-state index in [0.717, 1.165) is 0 Å². The molecule has 0 spiro atoms. The highest BCUT2D eigenvalue weighted by Crippen LogP contribution is 2.20. The van der Waals surface area contributed by atoms with Crippen LogP contribution in [0.2, 0.25) is 0 Å². The van der Waals surface area contributed by atoms with Crippen LogP contribution in [0.25, 0.3) is 0 Å². The number of likely N-dealkylation sites (tertiary alicyclic amines) is 1. The van der Waals surface area contributed by atoms with Crippen LogP contribution in [0.3, 0.4) is 0 Å². The molecule has 2 aliphatic heterocycles. The van der Waals surface area contributed by atoms with Crippen LogP contribution in [0.4, 0.5) is 4.79 Å². The summed E-state index contributed by atoms with van der Waals surface area (Å²) in [7, 11) is 0. The van der Waals surface area contributed by atoms with E-state index >= 15 is 0 Å². The van der Waals surface area contributed by atoms with Crippen LogP contribution in [0, 0.1) is 0 Å². The Labute approximate surface area is 103 Å². The average Bonchev–Trinajstić information content (AvgIpc) is 2.87. The van der Waals surface area contributed by atoms with Crippen molar-refractivity contribution in [2.45, 2.75) is 18.9 Å². The Hall–Kier alpha value is -1.24. The lowest BCUT2D eigenvalue weighted by atomic mass is 10.2. The molecule has 2 heterocycles. The first-order valence-corrected chi connectivity index (χ1v) is 6.52. The highest BCUT2D eigenvalue weighted by molar-refractivity contribution is 8.13. The predicted octanol–water partition coefficient (Wildman–Crippen LogP) is 0.231. The number of rotatable bonds is 3. The number of aliphatic carboxylic acids is 1. The zero-order valence-corrected chi connectivity index (χ0v) is 10.1. The van der Waals surface area contributed by atoms with E-state index < -0.39 is 12.0 Å². The molecular weight excluding hydrogens is 244 g/mol. The van der Waals surface area contributed by atoms with E-state index in [-0.39, 0.29) is 17.7 Å². The second kappa shape index (κ2) is 4.95. The molecular formula is C10H14N2O4S. The number of nitrogens with zero attached hydrogens (tertiary/aromatic N) is 2. The Bertz CT molecular complexity index is 360. The first kappa shape index (κ1) is 12.2. The number of carbonyl (C=O) groups excluding carboxylic acids is 2. The van der Waals surface area contributed by atoms with Crippen molar-refractivity contribution in [1.82, 2.24) is 9.80 Å². The van der Waals surface area contributed by atoms with Gasteiger partial charge in [0.1, 0.15) is 12.6 Å². The lowest BCUT2D eigenvalue weighted by Crippen LogP contribution is -2.45. The van der Waals surface area contributed by atoms with Gasteiger partial charge in [-0.25, -0.2) is 4.79 Å². The van der Waals surface area contributed by atoms with Crippen molar-refractivity contribution in [3.8, 4) is 0 Å². The van der Waals surface area contributed by atoms with E-state index in [1.807, 2.05) is 0 Å². The second-order valence-corrected chi connectivity index (χ2v) is 5.17. The number of hydrogen-bond acceptors (Lipinski definition) is 4. The topological polar surface area (TPSA) is 77.9 Å². The highest BCUT2D eigenvalue weighted by Gasteiger charge is 2.35. The van der Waals surface area contributed by atoms with Crippen LogP contribution in [0.1, 0.15) is 12.8 Å². The van der Waals surface area contributed by atoms with Crippen LogP contribution in [0.15, 0.2) is 0 Å². The van der Waals surface area contributed by atoms with E-state index in [9.17, 15) is 14.4 Å². The largest absolute Gasteiger partial charge is 0.480 e. The minimum Gasteiger partial charge on any atom is -0.480 e. The molecule has 2 saturated heterocycles. The molecule has 0 aliphatic carbocycles. The van der Waals surface area contributed by atoms with Gasteiger partial charge < -0.3 is 14.9 Å². The number of carbonyl (C=O) groups is 3. The van der Waals surface area contributed by atoms with Crippen LogP contribution < -0.4 is 0 Å². The van der Waals surface area contributed by atoms with Crippen molar-refractivity contribution in [3.63, 3.8) is 0 Å². The van der Waals surface area contributed by atoms with Crippen molar-refractivity contribution in [2.24, 2.45) is 0 Å². The molecule has 0 unspecified atom stereocenters. The van der Waals surface area contributed by atoms with Gasteiger partial charge in [0.15, 0.2) is 0 Å². The summed E-state index contributed by atoms with van der Waals surface area (Å²) >= 11 is 1.20. The summed E-state index contributed by atoms with van der Waals surface area (Å²) in [5.41, 5.74) is 0. The van der Waals surface area contributed by atoms with E-state index in [4.69, 9.17) is 5.11 Å². The minimum absolute atomic E-state index is 0.00954. The molecule has 7 heteroatoms. The summed E-state index contributed by atoms with van der Waals surface area (Å²) in [4.78, 5) is 37.1. The molecule has 0 bridgehead atoms. The van der Waals surface area contributed by atoms with Crippen LogP contribution >= 0.6 is 11.8 Å². The molecule has 0 aromatic heterocycles. The Kier molecular flexibility index (Phi) is 3.56. The third-order valence-corrected chi connectivity index (χ3v) is 3.92. The maximum absolute atomic E-state index is 11.9. The Morgan fingerprint density at radius 2 is 2.18 bits per heavy atom. The van der Waals surface area contributed by atoms with Crippen molar-refractivity contribution >= 4 is 28.9 Å². The van der Waals surface area contributed by atoms with Crippen molar-refractivity contribution < 1.29 is 19.5 Å². The SMILES string of the molecule is O=C(O)[C@@H]1CCCN1C(=O)CN1CCSC1=O. The smallest absolute Gasteiger partial charge is 0.326 e. The van der Waals surface area contributed by atoms with Crippen LogP contribution in [-0.4, -0.2) is 63.5 Å². The normalized spacial score (nSPS) is 24.5. The Morgan fingerprint density at radius 3 is 2.76 bits per heavy atom. The van der Waals surface area contributed by atoms with Gasteiger partial charge in [0.2, 0.25) is 5.91 Å². The molecule has 17 heavy (non-hydrogen) atoms. The lowest BCUT2D eigenvalue weighted by Gasteiger charge is -2.24. The van der Waals surface area contributed by atoms with Crippen molar-refractivity contribution in [1.29, 1.82) is 0 Å². The van der Waals surface area contributed by atoms with Gasteiger partial charge in [-0.2, -0.15) is 0 Å². The monoisotopic (exact) mass is 258 g/mol. The summed E-state index contributed by atoms with van der Waals surface area (Å²) in [5, 5.41) is 8.87. The number of thioether (sulfide) groups is 1. The fourth-order valence-electron chi connectivity index (χ4n) is 2.15. The number of hydrogen-bond donors (Lipinski definition) is 1. The maximum Gasteiger partial charge on any atom is 0.326 e. The van der Waals surface area contributed by atoms with E-state index in [1.54, 1.807) is 0 Å². The number of carboxylic acids is 1. The van der Waals surface area contributed by atoms with Gasteiger partial charge >= 0.3 is 5.97 Å². The predicted molar refractivity (Wildman–Crippen MR) is 61.8 cm³/mol. The van der Waals surface area contributed by atoms with Crippen molar-refractivity contribution in [2.75, 3.05) is 25.4 Å². The third-order valence-electron chi connectivity index (χ3n) is 3.03. The molecule has 6 nitrogen and oxygen atoms in total. The molecule has 0 saturated carbocycles. The van der Waals surface area contributed by atoms with Crippen molar-refractivity contribution in [3.05, 3.63) is 0 Å². The molecule has 2 aliphatic rings. The van der Waals surface area contributed by atoms with Gasteiger partial charge in [-0.15, -0.1) is 0 Å². The molecule has 0 radical (unpaired) electrons. The van der Waals surface area contributed by atoms with Gasteiger partial charge in [-0.3, -0.25) is 9.59 Å². The van der Waals surface area contributed by atoms with E-state index in [1.165, 1.54) is 21.6 Å². The summed E-state index contributed by atoms with van der Waals surface area (Å²) in [6, 6.07) is -0.715. The van der Waals surface area contributed by atoms with Crippen LogP contribution in [-0.2, 0) is 9.59 Å². The zero-order chi connectivity index (χ0) is 12.4. The summed E-state index contributed by atoms with van der Waals surface area (Å²) in [5.74, 6) is -0.516. The first-order valence-electron chi connectivity index (χ1n) is 5.53. The molecule has 0 aromatic carbocycles. The van der Waals surface area contributed by atoms with Gasteiger partial charge in [0.05, 0.1) is 0 Å². The van der Waals surface area contributed by atoms with E-state index in [0.29, 0.717) is 31.7 Å². The molecule has 2 fully saturated rings. The standard InChI is InChI=1S/C10H14N2O4S/c13-8(6-11-4-5-17-10(11)16)12-3-1-2-7(12)9(14)15/h7H,1-6H2,(H,14,15)/t7-/m0/s1. The highest BCUT2D eigenvalue weighted by atomic mass is 32.2. The lowest BCUT2D eigenvalue weighted by molar-refractivity contribution is -0.148. The Balaban J connectivity index is 1.95. The fraction of sp³-hybridized carbons (Fsp3) is 0.700. The van der Waals surface area contributed by atoms with Gasteiger partial charge in [-0.05, 0) is 12.8 Å². The zero-order valence-electron chi connectivity index (χ0n) is 9.29. The van der Waals surface area contributed by atoms with E-state index in [2.05, 4.69) is 0 Å². The third kappa shape index (κ3) is 2.54. The number of amides is 2. The molecule has 94 valence electrons. The summed E-state index contributed by atoms with van der Waals surface area (Å²) in [6.07, 6.45) is 1.22. The second-order valence-electron chi connectivity index (χ2n) is 4.12. The maximum atomic E-state index is 11.9. The minimum atomic E-state index is -0.960.